The van der Waals surface area contributed by atoms with Gasteiger partial charge in [-0.1, -0.05) is 26.8 Å². The van der Waals surface area contributed by atoms with Gasteiger partial charge in [-0.05, 0) is 39.0 Å². The van der Waals surface area contributed by atoms with Crippen molar-refractivity contribution in [2.24, 2.45) is 5.41 Å². The molecule has 3 nitrogen and oxygen atoms in total. The van der Waals surface area contributed by atoms with E-state index in [2.05, 4.69) is 46.9 Å². The van der Waals surface area contributed by atoms with Gasteiger partial charge in [0.25, 0.3) is 0 Å². The van der Waals surface area contributed by atoms with Gasteiger partial charge in [0, 0.05) is 32.2 Å². The van der Waals surface area contributed by atoms with Crippen LogP contribution in [0.5, 0.6) is 5.75 Å². The maximum absolute atomic E-state index is 9.67. The van der Waals surface area contributed by atoms with Gasteiger partial charge in [0.2, 0.25) is 0 Å². The van der Waals surface area contributed by atoms with Gasteiger partial charge in [0.05, 0.1) is 4.47 Å². The molecule has 0 radical (unpaired) electrons. The van der Waals surface area contributed by atoms with Crippen molar-refractivity contribution in [3.63, 3.8) is 0 Å². The lowest BCUT2D eigenvalue weighted by atomic mass is 9.81. The van der Waals surface area contributed by atoms with Crippen LogP contribution in [0.1, 0.15) is 32.4 Å². The van der Waals surface area contributed by atoms with Crippen molar-refractivity contribution in [1.82, 2.24) is 10.2 Å². The van der Waals surface area contributed by atoms with E-state index in [1.165, 1.54) is 5.56 Å². The number of hydrogen-bond donors (Lipinski definition) is 2. The molecule has 1 atom stereocenters. The third-order valence-corrected chi connectivity index (χ3v) is 4.26. The number of nitrogens with one attached hydrogen (secondary N) is 1. The average Bonchev–Trinajstić information content (AvgIpc) is 2.34. The Morgan fingerprint density at radius 2 is 1.89 bits per heavy atom. The fourth-order valence-corrected chi connectivity index (χ4v) is 3.29. The van der Waals surface area contributed by atoms with Crippen LogP contribution in [0.3, 0.4) is 0 Å². The lowest BCUT2D eigenvalue weighted by Gasteiger charge is -2.42. The standard InChI is InChI=1S/C15H23BrN2O/c1-15(2,3)14(18-8-6-17-7-9-18)11-4-5-13(19)12(16)10-11/h4-5,10,14,17,19H,6-9H2,1-3H3/t14-/m0/s1. The molecule has 0 bridgehead atoms. The third-order valence-electron chi connectivity index (χ3n) is 3.62. The molecule has 106 valence electrons. The summed E-state index contributed by atoms with van der Waals surface area (Å²) in [4.78, 5) is 2.54. The van der Waals surface area contributed by atoms with E-state index in [-0.39, 0.29) is 5.41 Å². The van der Waals surface area contributed by atoms with Crippen LogP contribution >= 0.6 is 15.9 Å². The maximum Gasteiger partial charge on any atom is 0.129 e. The fourth-order valence-electron chi connectivity index (χ4n) is 2.89. The zero-order valence-corrected chi connectivity index (χ0v) is 13.5. The van der Waals surface area contributed by atoms with Crippen molar-refractivity contribution in [2.45, 2.75) is 26.8 Å². The molecule has 4 heteroatoms. The van der Waals surface area contributed by atoms with Crippen LogP contribution in [0.4, 0.5) is 0 Å². The monoisotopic (exact) mass is 326 g/mol. The van der Waals surface area contributed by atoms with Gasteiger partial charge in [-0.25, -0.2) is 0 Å². The number of halogens is 1. The van der Waals surface area contributed by atoms with Crippen LogP contribution in [-0.4, -0.2) is 36.2 Å². The summed E-state index contributed by atoms with van der Waals surface area (Å²) in [5.74, 6) is 0.303. The zero-order chi connectivity index (χ0) is 14.0. The number of piperazine rings is 1. The molecule has 1 fully saturated rings. The summed E-state index contributed by atoms with van der Waals surface area (Å²) in [6.07, 6.45) is 0. The highest BCUT2D eigenvalue weighted by molar-refractivity contribution is 9.10. The SMILES string of the molecule is CC(C)(C)[C@H](c1ccc(O)c(Br)c1)N1CCNCC1. The highest BCUT2D eigenvalue weighted by atomic mass is 79.9. The first-order valence-electron chi connectivity index (χ1n) is 6.83. The van der Waals surface area contributed by atoms with Crippen LogP contribution in [0.15, 0.2) is 22.7 Å². The molecular weight excluding hydrogens is 304 g/mol. The van der Waals surface area contributed by atoms with Crippen LogP contribution < -0.4 is 5.32 Å². The quantitative estimate of drug-likeness (QED) is 0.876. The Kier molecular flexibility index (Phi) is 4.54. The van der Waals surface area contributed by atoms with Gasteiger partial charge in [-0.2, -0.15) is 0 Å². The van der Waals surface area contributed by atoms with Crippen LogP contribution in [-0.2, 0) is 0 Å². The topological polar surface area (TPSA) is 35.5 Å². The van der Waals surface area contributed by atoms with E-state index in [0.29, 0.717) is 11.8 Å². The minimum atomic E-state index is 0.160. The first-order chi connectivity index (χ1) is 8.89. The van der Waals surface area contributed by atoms with Crippen molar-refractivity contribution < 1.29 is 5.11 Å². The summed E-state index contributed by atoms with van der Waals surface area (Å²) < 4.78 is 0.773. The van der Waals surface area contributed by atoms with Gasteiger partial charge < -0.3 is 10.4 Å². The summed E-state index contributed by atoms with van der Waals surface area (Å²) in [5, 5.41) is 13.1. The molecule has 2 N–H and O–H groups in total. The lowest BCUT2D eigenvalue weighted by Crippen LogP contribution is -2.48. The molecule has 2 rings (SSSR count). The van der Waals surface area contributed by atoms with E-state index in [1.807, 2.05) is 12.1 Å². The Labute approximate surface area is 124 Å². The van der Waals surface area contributed by atoms with E-state index in [9.17, 15) is 5.11 Å². The third kappa shape index (κ3) is 3.50. The van der Waals surface area contributed by atoms with E-state index in [4.69, 9.17) is 0 Å². The number of phenolic OH excluding ortho intramolecular Hbond substituents is 1. The zero-order valence-electron chi connectivity index (χ0n) is 11.9. The minimum absolute atomic E-state index is 0.160. The highest BCUT2D eigenvalue weighted by Crippen LogP contribution is 2.40. The Morgan fingerprint density at radius 1 is 1.26 bits per heavy atom. The largest absolute Gasteiger partial charge is 0.507 e. The van der Waals surface area contributed by atoms with Gasteiger partial charge in [-0.3, -0.25) is 4.90 Å². The smallest absolute Gasteiger partial charge is 0.129 e. The average molecular weight is 327 g/mol. The minimum Gasteiger partial charge on any atom is -0.507 e. The molecule has 0 spiro atoms. The Morgan fingerprint density at radius 3 is 2.42 bits per heavy atom. The van der Waals surface area contributed by atoms with E-state index in [1.54, 1.807) is 6.07 Å². The second kappa shape index (κ2) is 5.81. The molecule has 0 amide bonds. The van der Waals surface area contributed by atoms with Crippen LogP contribution in [0.2, 0.25) is 0 Å². The van der Waals surface area contributed by atoms with Gasteiger partial charge in [-0.15, -0.1) is 0 Å². The summed E-state index contributed by atoms with van der Waals surface area (Å²) in [5.41, 5.74) is 1.42. The van der Waals surface area contributed by atoms with Gasteiger partial charge in [0.15, 0.2) is 0 Å². The maximum atomic E-state index is 9.67. The summed E-state index contributed by atoms with van der Waals surface area (Å²) >= 11 is 3.42. The number of hydrogen-bond acceptors (Lipinski definition) is 3. The highest BCUT2D eigenvalue weighted by Gasteiger charge is 2.32. The Bertz CT molecular complexity index is 436. The van der Waals surface area contributed by atoms with Crippen molar-refractivity contribution in [1.29, 1.82) is 0 Å². The number of benzene rings is 1. The van der Waals surface area contributed by atoms with Gasteiger partial charge in [0.1, 0.15) is 5.75 Å². The summed E-state index contributed by atoms with van der Waals surface area (Å²) in [6.45, 7) is 11.1. The Balaban J connectivity index is 2.33. The number of phenols is 1. The predicted octanol–water partition coefficient (Wildman–Crippen LogP) is 3.15. The molecule has 0 aromatic heterocycles. The summed E-state index contributed by atoms with van der Waals surface area (Å²) in [6, 6.07) is 6.23. The molecule has 1 heterocycles. The van der Waals surface area contributed by atoms with E-state index < -0.39 is 0 Å². The molecule has 0 unspecified atom stereocenters. The van der Waals surface area contributed by atoms with Crippen molar-refractivity contribution in [3.8, 4) is 5.75 Å². The fraction of sp³-hybridized carbons (Fsp3) is 0.600. The normalized spacial score (nSPS) is 19.4. The molecular formula is C15H23BrN2O. The second-order valence-electron chi connectivity index (χ2n) is 6.27. The van der Waals surface area contributed by atoms with E-state index in [0.717, 1.165) is 30.7 Å². The number of aromatic hydroxyl groups is 1. The Hall–Kier alpha value is -0.580. The van der Waals surface area contributed by atoms with Crippen molar-refractivity contribution in [2.75, 3.05) is 26.2 Å². The molecule has 19 heavy (non-hydrogen) atoms. The first kappa shape index (κ1) is 14.8. The van der Waals surface area contributed by atoms with Crippen molar-refractivity contribution >= 4 is 15.9 Å². The molecule has 0 aliphatic carbocycles. The molecule has 1 aliphatic heterocycles. The predicted molar refractivity (Wildman–Crippen MR) is 82.4 cm³/mol. The first-order valence-corrected chi connectivity index (χ1v) is 7.62. The molecule has 1 aliphatic rings. The molecule has 1 saturated heterocycles. The molecule has 1 aromatic rings. The second-order valence-corrected chi connectivity index (χ2v) is 7.12. The summed E-state index contributed by atoms with van der Waals surface area (Å²) in [7, 11) is 0. The number of rotatable bonds is 2. The van der Waals surface area contributed by atoms with Crippen molar-refractivity contribution in [3.05, 3.63) is 28.2 Å². The molecule has 0 saturated carbocycles. The lowest BCUT2D eigenvalue weighted by molar-refractivity contribution is 0.0861. The van der Waals surface area contributed by atoms with Crippen LogP contribution in [0.25, 0.3) is 0 Å². The number of nitrogens with zero attached hydrogens (tertiary/aromatic N) is 1. The van der Waals surface area contributed by atoms with Gasteiger partial charge >= 0.3 is 0 Å². The molecule has 1 aromatic carbocycles. The van der Waals surface area contributed by atoms with E-state index >= 15 is 0 Å². The van der Waals surface area contributed by atoms with Crippen LogP contribution in [0, 0.1) is 5.41 Å².